The monoisotopic (exact) mass is 367 g/mol. The lowest BCUT2D eigenvalue weighted by Crippen LogP contribution is -2.12. The van der Waals surface area contributed by atoms with E-state index in [2.05, 4.69) is 45.2 Å². The maximum atomic E-state index is 5.80. The van der Waals surface area contributed by atoms with Crippen LogP contribution in [-0.2, 0) is 22.6 Å². The standard InChI is InChI=1S/C16H22BrN3O2/c1-14(22-13-15-6-3-2-4-7-15)8-11-21-10-5-9-20-18-12-16(17)19-20/h2-4,6-7,12,14H,5,8-11,13H2,1H3. The third-order valence-corrected chi connectivity index (χ3v) is 3.56. The Morgan fingerprint density at radius 2 is 2.05 bits per heavy atom. The van der Waals surface area contributed by atoms with Crippen molar-refractivity contribution in [3.05, 3.63) is 46.7 Å². The van der Waals surface area contributed by atoms with Gasteiger partial charge in [-0.3, -0.25) is 0 Å². The topological polar surface area (TPSA) is 49.2 Å². The van der Waals surface area contributed by atoms with Gasteiger partial charge in [-0.25, -0.2) is 0 Å². The molecule has 0 aliphatic rings. The number of halogens is 1. The lowest BCUT2D eigenvalue weighted by molar-refractivity contribution is 0.0212. The minimum absolute atomic E-state index is 0.198. The number of hydrogen-bond donors (Lipinski definition) is 0. The second-order valence-corrected chi connectivity index (χ2v) is 5.94. The van der Waals surface area contributed by atoms with Crippen LogP contribution in [0.4, 0.5) is 0 Å². The Kier molecular flexibility index (Phi) is 7.56. The highest BCUT2D eigenvalue weighted by atomic mass is 79.9. The van der Waals surface area contributed by atoms with Gasteiger partial charge >= 0.3 is 0 Å². The quantitative estimate of drug-likeness (QED) is 0.603. The second-order valence-electron chi connectivity index (χ2n) is 5.13. The molecule has 0 aliphatic heterocycles. The summed E-state index contributed by atoms with van der Waals surface area (Å²) in [6, 6.07) is 10.2. The third-order valence-electron chi connectivity index (χ3n) is 3.20. The van der Waals surface area contributed by atoms with Gasteiger partial charge in [-0.05, 0) is 41.3 Å². The normalized spacial score (nSPS) is 12.5. The molecule has 0 amide bonds. The zero-order valence-electron chi connectivity index (χ0n) is 12.8. The van der Waals surface area contributed by atoms with Gasteiger partial charge in [0.25, 0.3) is 0 Å². The number of benzene rings is 1. The van der Waals surface area contributed by atoms with Crippen molar-refractivity contribution in [1.82, 2.24) is 15.0 Å². The molecule has 1 atom stereocenters. The Hall–Kier alpha value is -1.24. The Labute approximate surface area is 139 Å². The summed E-state index contributed by atoms with van der Waals surface area (Å²) in [5, 5.41) is 8.25. The number of rotatable bonds is 10. The van der Waals surface area contributed by atoms with Crippen molar-refractivity contribution in [2.24, 2.45) is 0 Å². The summed E-state index contributed by atoms with van der Waals surface area (Å²) >= 11 is 3.27. The van der Waals surface area contributed by atoms with E-state index in [-0.39, 0.29) is 6.10 Å². The van der Waals surface area contributed by atoms with Crippen molar-refractivity contribution in [2.45, 2.75) is 39.0 Å². The maximum Gasteiger partial charge on any atom is 0.148 e. The van der Waals surface area contributed by atoms with Crippen molar-refractivity contribution < 1.29 is 9.47 Å². The minimum Gasteiger partial charge on any atom is -0.381 e. The van der Waals surface area contributed by atoms with E-state index in [0.717, 1.165) is 24.0 Å². The fourth-order valence-electron chi connectivity index (χ4n) is 1.94. The molecule has 0 spiro atoms. The fraction of sp³-hybridized carbons (Fsp3) is 0.500. The van der Waals surface area contributed by atoms with Crippen molar-refractivity contribution in [2.75, 3.05) is 13.2 Å². The molecule has 1 aromatic heterocycles. The third kappa shape index (κ3) is 6.68. The van der Waals surface area contributed by atoms with Gasteiger partial charge < -0.3 is 9.47 Å². The molecule has 0 bridgehead atoms. The van der Waals surface area contributed by atoms with Crippen LogP contribution < -0.4 is 0 Å². The highest BCUT2D eigenvalue weighted by molar-refractivity contribution is 9.10. The van der Waals surface area contributed by atoms with Gasteiger partial charge in [0.2, 0.25) is 0 Å². The summed E-state index contributed by atoms with van der Waals surface area (Å²) in [5.41, 5.74) is 1.20. The van der Waals surface area contributed by atoms with Crippen molar-refractivity contribution >= 4 is 15.9 Å². The smallest absolute Gasteiger partial charge is 0.148 e. The SMILES string of the molecule is CC(CCOCCCn1ncc(Br)n1)OCc1ccccc1. The molecule has 0 N–H and O–H groups in total. The molecule has 0 fully saturated rings. The van der Waals surface area contributed by atoms with Crippen molar-refractivity contribution in [3.8, 4) is 0 Å². The van der Waals surface area contributed by atoms with Gasteiger partial charge in [0.1, 0.15) is 4.60 Å². The minimum atomic E-state index is 0.198. The largest absolute Gasteiger partial charge is 0.381 e. The molecule has 22 heavy (non-hydrogen) atoms. The summed E-state index contributed by atoms with van der Waals surface area (Å²) < 4.78 is 12.2. The van der Waals surface area contributed by atoms with E-state index in [0.29, 0.717) is 19.8 Å². The van der Waals surface area contributed by atoms with Crippen LogP contribution in [-0.4, -0.2) is 34.3 Å². The highest BCUT2D eigenvalue weighted by Gasteiger charge is 2.03. The highest BCUT2D eigenvalue weighted by Crippen LogP contribution is 2.06. The van der Waals surface area contributed by atoms with Gasteiger partial charge in [0.15, 0.2) is 0 Å². The fourth-order valence-corrected chi connectivity index (χ4v) is 2.21. The predicted octanol–water partition coefficient (Wildman–Crippen LogP) is 3.44. The molecular weight excluding hydrogens is 346 g/mol. The molecule has 0 radical (unpaired) electrons. The maximum absolute atomic E-state index is 5.80. The van der Waals surface area contributed by atoms with Crippen molar-refractivity contribution in [1.29, 1.82) is 0 Å². The number of aryl methyl sites for hydroxylation is 1. The molecule has 2 aromatic rings. The van der Waals surface area contributed by atoms with Crippen LogP contribution in [0.15, 0.2) is 41.1 Å². The molecule has 0 saturated carbocycles. The summed E-state index contributed by atoms with van der Waals surface area (Å²) in [6.07, 6.45) is 3.69. The number of ether oxygens (including phenoxy) is 2. The lowest BCUT2D eigenvalue weighted by Gasteiger charge is -2.13. The van der Waals surface area contributed by atoms with Crippen LogP contribution in [0.3, 0.4) is 0 Å². The Bertz CT molecular complexity index is 533. The summed E-state index contributed by atoms with van der Waals surface area (Å²) in [7, 11) is 0. The van der Waals surface area contributed by atoms with Gasteiger partial charge in [-0.2, -0.15) is 9.90 Å². The van der Waals surface area contributed by atoms with Gasteiger partial charge in [0, 0.05) is 13.2 Å². The molecule has 5 nitrogen and oxygen atoms in total. The first kappa shape index (κ1) is 17.1. The Morgan fingerprint density at radius 3 is 2.77 bits per heavy atom. The van der Waals surface area contributed by atoms with E-state index in [4.69, 9.17) is 9.47 Å². The van der Waals surface area contributed by atoms with E-state index in [1.165, 1.54) is 5.56 Å². The molecule has 0 aliphatic carbocycles. The van der Waals surface area contributed by atoms with E-state index >= 15 is 0 Å². The van der Waals surface area contributed by atoms with Crippen LogP contribution in [0.1, 0.15) is 25.3 Å². The Balaban J connectivity index is 1.47. The molecule has 120 valence electrons. The predicted molar refractivity (Wildman–Crippen MR) is 88.5 cm³/mol. The van der Waals surface area contributed by atoms with Crippen molar-refractivity contribution in [3.63, 3.8) is 0 Å². The average Bonchev–Trinajstić information content (AvgIpc) is 2.95. The van der Waals surface area contributed by atoms with Crippen LogP contribution in [0, 0.1) is 0 Å². The van der Waals surface area contributed by atoms with Crippen LogP contribution in [0.5, 0.6) is 0 Å². The summed E-state index contributed by atoms with van der Waals surface area (Å²) in [4.78, 5) is 1.67. The zero-order chi connectivity index (χ0) is 15.6. The van der Waals surface area contributed by atoms with Gasteiger partial charge in [0.05, 0.1) is 25.5 Å². The van der Waals surface area contributed by atoms with E-state index in [1.807, 2.05) is 18.2 Å². The second kappa shape index (κ2) is 9.71. The van der Waals surface area contributed by atoms with Crippen LogP contribution in [0.25, 0.3) is 0 Å². The summed E-state index contributed by atoms with van der Waals surface area (Å²) in [6.45, 7) is 4.93. The van der Waals surface area contributed by atoms with Gasteiger partial charge in [-0.1, -0.05) is 30.3 Å². The molecular formula is C16H22BrN3O2. The molecule has 2 rings (SSSR count). The van der Waals surface area contributed by atoms with Crippen LogP contribution >= 0.6 is 15.9 Å². The average molecular weight is 368 g/mol. The first-order chi connectivity index (χ1) is 10.7. The molecule has 6 heteroatoms. The molecule has 1 heterocycles. The summed E-state index contributed by atoms with van der Waals surface area (Å²) in [5.74, 6) is 0. The molecule has 0 saturated heterocycles. The van der Waals surface area contributed by atoms with E-state index in [1.54, 1.807) is 11.0 Å². The van der Waals surface area contributed by atoms with Crippen LogP contribution in [0.2, 0.25) is 0 Å². The van der Waals surface area contributed by atoms with E-state index in [9.17, 15) is 0 Å². The Morgan fingerprint density at radius 1 is 1.23 bits per heavy atom. The lowest BCUT2D eigenvalue weighted by atomic mass is 10.2. The molecule has 1 unspecified atom stereocenters. The number of hydrogen-bond acceptors (Lipinski definition) is 4. The zero-order valence-corrected chi connectivity index (χ0v) is 14.4. The van der Waals surface area contributed by atoms with Gasteiger partial charge in [-0.15, -0.1) is 5.10 Å². The number of aromatic nitrogens is 3. The first-order valence-electron chi connectivity index (χ1n) is 7.53. The first-order valence-corrected chi connectivity index (χ1v) is 8.32. The molecule has 1 aromatic carbocycles. The number of nitrogens with zero attached hydrogens (tertiary/aromatic N) is 3. The van der Waals surface area contributed by atoms with E-state index < -0.39 is 0 Å².